The Kier molecular flexibility index (Phi) is 4.71. The standard InChI is InChI=1S/C15H17N3O3/c1-2-3-7-12(15(20)21)17-14(19)10-18-13-8-5-4-6-11(13)9-16-18/h2,4-6,8-9,12H,1,3,7,10H2,(H,17,19)(H,20,21). The summed E-state index contributed by atoms with van der Waals surface area (Å²) >= 11 is 0. The number of amides is 1. The number of carboxylic acids is 1. The second-order valence-corrected chi connectivity index (χ2v) is 4.69. The molecule has 0 aliphatic rings. The van der Waals surface area contributed by atoms with E-state index in [1.807, 2.05) is 24.3 Å². The fourth-order valence-corrected chi connectivity index (χ4v) is 2.07. The number of carboxylic acid groups (broad SMARTS) is 1. The van der Waals surface area contributed by atoms with E-state index in [0.717, 1.165) is 10.9 Å². The van der Waals surface area contributed by atoms with E-state index in [0.29, 0.717) is 12.8 Å². The number of hydrogen-bond donors (Lipinski definition) is 2. The molecule has 6 nitrogen and oxygen atoms in total. The van der Waals surface area contributed by atoms with E-state index in [9.17, 15) is 9.59 Å². The van der Waals surface area contributed by atoms with Crippen LogP contribution in [-0.4, -0.2) is 32.8 Å². The lowest BCUT2D eigenvalue weighted by Crippen LogP contribution is -2.42. The molecule has 1 heterocycles. The van der Waals surface area contributed by atoms with Crippen LogP contribution in [0, 0.1) is 0 Å². The number of carbonyl (C=O) groups is 2. The average molecular weight is 287 g/mol. The van der Waals surface area contributed by atoms with Crippen molar-refractivity contribution in [1.29, 1.82) is 0 Å². The van der Waals surface area contributed by atoms with Crippen molar-refractivity contribution >= 4 is 22.8 Å². The molecule has 1 aromatic carbocycles. The molecule has 0 saturated carbocycles. The van der Waals surface area contributed by atoms with Crippen LogP contribution in [-0.2, 0) is 16.1 Å². The highest BCUT2D eigenvalue weighted by molar-refractivity contribution is 5.85. The van der Waals surface area contributed by atoms with E-state index in [-0.39, 0.29) is 12.5 Å². The first kappa shape index (κ1) is 14.8. The Bertz CT molecular complexity index is 663. The Hall–Kier alpha value is -2.63. The molecular formula is C15H17N3O3. The van der Waals surface area contributed by atoms with Crippen molar-refractivity contribution in [1.82, 2.24) is 15.1 Å². The largest absolute Gasteiger partial charge is 0.480 e. The molecule has 0 aliphatic carbocycles. The smallest absolute Gasteiger partial charge is 0.326 e. The SMILES string of the molecule is C=CCCC(NC(=O)Cn1ncc2ccccc21)C(=O)O. The number of aliphatic carboxylic acids is 1. The predicted octanol–water partition coefficient (Wildman–Crippen LogP) is 1.57. The van der Waals surface area contributed by atoms with Crippen LogP contribution in [0.25, 0.3) is 10.9 Å². The van der Waals surface area contributed by atoms with E-state index in [4.69, 9.17) is 5.11 Å². The van der Waals surface area contributed by atoms with Gasteiger partial charge in [-0.15, -0.1) is 6.58 Å². The quantitative estimate of drug-likeness (QED) is 0.757. The van der Waals surface area contributed by atoms with E-state index in [1.165, 1.54) is 0 Å². The number of nitrogens with one attached hydrogen (secondary N) is 1. The van der Waals surface area contributed by atoms with Gasteiger partial charge < -0.3 is 10.4 Å². The van der Waals surface area contributed by atoms with Crippen molar-refractivity contribution in [3.8, 4) is 0 Å². The van der Waals surface area contributed by atoms with Gasteiger partial charge in [0.15, 0.2) is 0 Å². The molecular weight excluding hydrogens is 270 g/mol. The fraction of sp³-hybridized carbons (Fsp3) is 0.267. The monoisotopic (exact) mass is 287 g/mol. The van der Waals surface area contributed by atoms with Crippen LogP contribution in [0.15, 0.2) is 43.1 Å². The zero-order chi connectivity index (χ0) is 15.2. The molecule has 0 radical (unpaired) electrons. The lowest BCUT2D eigenvalue weighted by molar-refractivity contribution is -0.142. The summed E-state index contributed by atoms with van der Waals surface area (Å²) in [6.45, 7) is 3.54. The van der Waals surface area contributed by atoms with Crippen molar-refractivity contribution in [3.63, 3.8) is 0 Å². The summed E-state index contributed by atoms with van der Waals surface area (Å²) in [5.74, 6) is -1.42. The second kappa shape index (κ2) is 6.69. The lowest BCUT2D eigenvalue weighted by atomic mass is 10.1. The summed E-state index contributed by atoms with van der Waals surface area (Å²) in [5, 5.41) is 16.7. The van der Waals surface area contributed by atoms with Gasteiger partial charge in [-0.25, -0.2) is 4.79 Å². The summed E-state index contributed by atoms with van der Waals surface area (Å²) in [4.78, 5) is 23.1. The van der Waals surface area contributed by atoms with Crippen molar-refractivity contribution in [2.24, 2.45) is 0 Å². The zero-order valence-electron chi connectivity index (χ0n) is 11.5. The highest BCUT2D eigenvalue weighted by Crippen LogP contribution is 2.12. The molecule has 2 rings (SSSR count). The number of para-hydroxylation sites is 1. The van der Waals surface area contributed by atoms with Crippen LogP contribution in [0.4, 0.5) is 0 Å². The van der Waals surface area contributed by atoms with Crippen LogP contribution in [0.5, 0.6) is 0 Å². The van der Waals surface area contributed by atoms with Gasteiger partial charge in [-0.05, 0) is 18.9 Å². The first-order valence-corrected chi connectivity index (χ1v) is 6.65. The van der Waals surface area contributed by atoms with Gasteiger partial charge in [0.05, 0.1) is 11.7 Å². The number of carbonyl (C=O) groups excluding carboxylic acids is 1. The van der Waals surface area contributed by atoms with Gasteiger partial charge in [0.25, 0.3) is 0 Å². The highest BCUT2D eigenvalue weighted by Gasteiger charge is 2.19. The molecule has 2 N–H and O–H groups in total. The minimum Gasteiger partial charge on any atom is -0.480 e. The number of hydrogen-bond acceptors (Lipinski definition) is 3. The van der Waals surface area contributed by atoms with Gasteiger partial charge in [0, 0.05) is 5.39 Å². The van der Waals surface area contributed by atoms with Gasteiger partial charge in [-0.1, -0.05) is 24.3 Å². The molecule has 21 heavy (non-hydrogen) atoms. The minimum absolute atomic E-state index is 0.00855. The molecule has 1 amide bonds. The molecule has 2 aromatic rings. The first-order chi connectivity index (χ1) is 10.1. The van der Waals surface area contributed by atoms with E-state index in [2.05, 4.69) is 17.0 Å². The third kappa shape index (κ3) is 3.68. The molecule has 0 saturated heterocycles. The summed E-state index contributed by atoms with van der Waals surface area (Å²) in [6, 6.07) is 6.62. The molecule has 0 aliphatic heterocycles. The highest BCUT2D eigenvalue weighted by atomic mass is 16.4. The van der Waals surface area contributed by atoms with Crippen LogP contribution in [0.1, 0.15) is 12.8 Å². The van der Waals surface area contributed by atoms with Gasteiger partial charge in [-0.3, -0.25) is 9.48 Å². The topological polar surface area (TPSA) is 84.2 Å². The van der Waals surface area contributed by atoms with E-state index < -0.39 is 12.0 Å². The van der Waals surface area contributed by atoms with Crippen molar-refractivity contribution < 1.29 is 14.7 Å². The number of nitrogens with zero attached hydrogens (tertiary/aromatic N) is 2. The Morgan fingerprint density at radius 3 is 2.90 bits per heavy atom. The number of aromatic nitrogens is 2. The second-order valence-electron chi connectivity index (χ2n) is 4.69. The number of benzene rings is 1. The molecule has 1 aromatic heterocycles. The molecule has 0 fully saturated rings. The van der Waals surface area contributed by atoms with Crippen molar-refractivity contribution in [2.45, 2.75) is 25.4 Å². The maximum atomic E-state index is 12.0. The number of allylic oxidation sites excluding steroid dienone is 1. The Labute approximate surface area is 122 Å². The zero-order valence-corrected chi connectivity index (χ0v) is 11.5. The van der Waals surface area contributed by atoms with Gasteiger partial charge in [-0.2, -0.15) is 5.10 Å². The molecule has 6 heteroatoms. The number of rotatable bonds is 7. The summed E-state index contributed by atoms with van der Waals surface area (Å²) in [5.41, 5.74) is 0.839. The van der Waals surface area contributed by atoms with Crippen molar-refractivity contribution in [3.05, 3.63) is 43.1 Å². The molecule has 110 valence electrons. The van der Waals surface area contributed by atoms with Gasteiger partial charge in [0.2, 0.25) is 5.91 Å². The van der Waals surface area contributed by atoms with Crippen LogP contribution < -0.4 is 5.32 Å². The van der Waals surface area contributed by atoms with E-state index >= 15 is 0 Å². The number of fused-ring (bicyclic) bond motifs is 1. The Morgan fingerprint density at radius 2 is 2.19 bits per heavy atom. The average Bonchev–Trinajstić information content (AvgIpc) is 2.86. The third-order valence-electron chi connectivity index (χ3n) is 3.14. The molecule has 1 atom stereocenters. The van der Waals surface area contributed by atoms with Gasteiger partial charge in [0.1, 0.15) is 12.6 Å². The third-order valence-corrected chi connectivity index (χ3v) is 3.14. The molecule has 0 bridgehead atoms. The van der Waals surface area contributed by atoms with Crippen LogP contribution in [0.3, 0.4) is 0 Å². The summed E-state index contributed by atoms with van der Waals surface area (Å²) in [7, 11) is 0. The van der Waals surface area contributed by atoms with Crippen LogP contribution in [0.2, 0.25) is 0 Å². The Balaban J connectivity index is 2.03. The molecule has 1 unspecified atom stereocenters. The normalized spacial score (nSPS) is 12.0. The minimum atomic E-state index is -1.05. The predicted molar refractivity (Wildman–Crippen MR) is 78.7 cm³/mol. The lowest BCUT2D eigenvalue weighted by Gasteiger charge is -2.13. The first-order valence-electron chi connectivity index (χ1n) is 6.65. The summed E-state index contributed by atoms with van der Waals surface area (Å²) in [6.07, 6.45) is 4.16. The Morgan fingerprint density at radius 1 is 1.43 bits per heavy atom. The fourth-order valence-electron chi connectivity index (χ4n) is 2.07. The van der Waals surface area contributed by atoms with Crippen molar-refractivity contribution in [2.75, 3.05) is 0 Å². The van der Waals surface area contributed by atoms with Gasteiger partial charge >= 0.3 is 5.97 Å². The van der Waals surface area contributed by atoms with Crippen LogP contribution >= 0.6 is 0 Å². The maximum Gasteiger partial charge on any atom is 0.326 e. The summed E-state index contributed by atoms with van der Waals surface area (Å²) < 4.78 is 1.55. The van der Waals surface area contributed by atoms with E-state index in [1.54, 1.807) is 17.0 Å². The molecule has 0 spiro atoms. The maximum absolute atomic E-state index is 12.0.